The van der Waals surface area contributed by atoms with Crippen LogP contribution < -0.4 is 16.5 Å². The second-order valence-electron chi connectivity index (χ2n) is 9.54. The van der Waals surface area contributed by atoms with Crippen molar-refractivity contribution in [3.05, 3.63) is 93.0 Å². The molecule has 0 spiro atoms. The monoisotopic (exact) mass is 554 g/mol. The number of carbonyl (C=O) groups excluding carboxylic acids is 1. The molecule has 0 fully saturated rings. The molecule has 0 aliphatic carbocycles. The van der Waals surface area contributed by atoms with E-state index in [1.165, 1.54) is 4.57 Å². The molecular formula is C29H39ClN6O3. The van der Waals surface area contributed by atoms with E-state index in [9.17, 15) is 14.7 Å². The van der Waals surface area contributed by atoms with E-state index in [-0.39, 0.29) is 35.5 Å². The fraction of sp³-hybridized carbons (Fsp3) is 0.379. The van der Waals surface area contributed by atoms with Crippen molar-refractivity contribution in [2.75, 3.05) is 13.1 Å². The summed E-state index contributed by atoms with van der Waals surface area (Å²) in [5.74, 6) is -0.670. The number of nitrogens with one attached hydrogen (secondary N) is 1. The maximum absolute atomic E-state index is 13.8. The molecule has 1 unspecified atom stereocenters. The predicted molar refractivity (Wildman–Crippen MR) is 156 cm³/mol. The molecule has 1 heterocycles. The summed E-state index contributed by atoms with van der Waals surface area (Å²) in [6.45, 7) is 8.42. The number of amides is 1. The first-order valence-corrected chi connectivity index (χ1v) is 13.4. The molecular weight excluding hydrogens is 516 g/mol. The van der Waals surface area contributed by atoms with E-state index in [0.29, 0.717) is 31.5 Å². The van der Waals surface area contributed by atoms with Gasteiger partial charge in [0.2, 0.25) is 5.88 Å². The number of aromatic nitrogens is 2. The molecule has 1 aromatic heterocycles. The Balaban J connectivity index is 0.00000260. The predicted octanol–water partition coefficient (Wildman–Crippen LogP) is 4.37. The normalized spacial score (nSPS) is 11.5. The van der Waals surface area contributed by atoms with E-state index < -0.39 is 17.5 Å². The third-order valence-corrected chi connectivity index (χ3v) is 6.43. The molecule has 3 rings (SSSR count). The van der Waals surface area contributed by atoms with Gasteiger partial charge in [-0.15, -0.1) is 0 Å². The summed E-state index contributed by atoms with van der Waals surface area (Å²) in [4.78, 5) is 33.7. The van der Waals surface area contributed by atoms with Gasteiger partial charge in [-0.25, -0.2) is 5.25 Å². The second kappa shape index (κ2) is 15.2. The summed E-state index contributed by atoms with van der Waals surface area (Å²) >= 11 is 4.14. The van der Waals surface area contributed by atoms with Crippen LogP contribution >= 0.6 is 11.8 Å². The van der Waals surface area contributed by atoms with Crippen molar-refractivity contribution < 1.29 is 9.90 Å². The lowest BCUT2D eigenvalue weighted by Gasteiger charge is -2.32. The summed E-state index contributed by atoms with van der Waals surface area (Å²) in [6.07, 6.45) is 1.03. The molecule has 210 valence electrons. The van der Waals surface area contributed by atoms with E-state index in [1.807, 2.05) is 56.3 Å². The number of rotatable bonds is 11. The number of aryl methyl sites for hydroxylation is 1. The van der Waals surface area contributed by atoms with Crippen molar-refractivity contribution in [2.45, 2.75) is 53.1 Å². The van der Waals surface area contributed by atoms with Crippen LogP contribution in [0.5, 0.6) is 5.88 Å². The minimum absolute atomic E-state index is 0.0205. The Morgan fingerprint density at radius 1 is 1.13 bits per heavy atom. The SMILES string of the molecule is CCC(c1nc(O)c(C(=N)C(C)C)c(=O)n1Cc1ccccc1)N(CCCN)C(=O)c1ccc(C)cc1.NCl. The van der Waals surface area contributed by atoms with Crippen molar-refractivity contribution in [3.63, 3.8) is 0 Å². The largest absolute Gasteiger partial charge is 0.493 e. The van der Waals surface area contributed by atoms with Gasteiger partial charge < -0.3 is 21.1 Å². The Morgan fingerprint density at radius 3 is 2.28 bits per heavy atom. The summed E-state index contributed by atoms with van der Waals surface area (Å²) in [7, 11) is 0. The number of carbonyl (C=O) groups is 1. The Labute approximate surface area is 235 Å². The lowest BCUT2D eigenvalue weighted by atomic mass is 10.0. The fourth-order valence-electron chi connectivity index (χ4n) is 4.32. The molecule has 0 aliphatic heterocycles. The Hall–Kier alpha value is -3.53. The van der Waals surface area contributed by atoms with Crippen LogP contribution in [0.2, 0.25) is 0 Å². The molecule has 10 heteroatoms. The number of aromatic hydroxyl groups is 1. The number of halogens is 1. The summed E-state index contributed by atoms with van der Waals surface area (Å²) < 4.78 is 1.49. The van der Waals surface area contributed by atoms with Crippen LogP contribution in [0, 0.1) is 18.3 Å². The van der Waals surface area contributed by atoms with Crippen molar-refractivity contribution in [2.24, 2.45) is 16.9 Å². The van der Waals surface area contributed by atoms with Gasteiger partial charge >= 0.3 is 0 Å². The van der Waals surface area contributed by atoms with Crippen LogP contribution in [0.15, 0.2) is 59.4 Å². The topological polar surface area (TPSA) is 151 Å². The molecule has 6 N–H and O–H groups in total. The molecule has 0 aliphatic rings. The van der Waals surface area contributed by atoms with Crippen LogP contribution in [-0.4, -0.2) is 44.3 Å². The van der Waals surface area contributed by atoms with Gasteiger partial charge in [0.1, 0.15) is 11.4 Å². The Morgan fingerprint density at radius 2 is 1.74 bits per heavy atom. The molecule has 1 atom stereocenters. The smallest absolute Gasteiger partial charge is 0.266 e. The average molecular weight is 555 g/mol. The third-order valence-electron chi connectivity index (χ3n) is 6.43. The quantitative estimate of drug-likeness (QED) is 0.204. The fourth-order valence-corrected chi connectivity index (χ4v) is 4.32. The van der Waals surface area contributed by atoms with E-state index in [1.54, 1.807) is 30.9 Å². The molecule has 9 nitrogen and oxygen atoms in total. The van der Waals surface area contributed by atoms with Gasteiger partial charge in [-0.2, -0.15) is 4.98 Å². The van der Waals surface area contributed by atoms with Crippen LogP contribution in [0.1, 0.15) is 72.5 Å². The molecule has 1 amide bonds. The van der Waals surface area contributed by atoms with E-state index in [0.717, 1.165) is 11.1 Å². The van der Waals surface area contributed by atoms with Gasteiger partial charge in [0.25, 0.3) is 11.5 Å². The Kier molecular flexibility index (Phi) is 12.3. The zero-order valence-electron chi connectivity index (χ0n) is 23.0. The molecule has 0 radical (unpaired) electrons. The van der Waals surface area contributed by atoms with Crippen molar-refractivity contribution >= 4 is 23.4 Å². The first kappa shape index (κ1) is 31.7. The first-order chi connectivity index (χ1) is 18.7. The molecule has 0 bridgehead atoms. The minimum atomic E-state index is -0.593. The van der Waals surface area contributed by atoms with Gasteiger partial charge in [0, 0.05) is 12.1 Å². The number of benzene rings is 2. The first-order valence-electron chi connectivity index (χ1n) is 13.0. The lowest BCUT2D eigenvalue weighted by Crippen LogP contribution is -2.41. The summed E-state index contributed by atoms with van der Waals surface area (Å²) in [5, 5.41) is 23.3. The molecule has 0 saturated heterocycles. The van der Waals surface area contributed by atoms with Crippen LogP contribution in [0.4, 0.5) is 0 Å². The van der Waals surface area contributed by atoms with Gasteiger partial charge in [-0.1, -0.05) is 68.8 Å². The summed E-state index contributed by atoms with van der Waals surface area (Å²) in [6, 6.07) is 16.2. The lowest BCUT2D eigenvalue weighted by molar-refractivity contribution is 0.0654. The van der Waals surface area contributed by atoms with E-state index in [4.69, 9.17) is 11.1 Å². The highest BCUT2D eigenvalue weighted by atomic mass is 35.5. The molecule has 3 aromatic rings. The molecule has 39 heavy (non-hydrogen) atoms. The van der Waals surface area contributed by atoms with Gasteiger partial charge in [0.05, 0.1) is 18.3 Å². The third kappa shape index (κ3) is 7.75. The zero-order valence-corrected chi connectivity index (χ0v) is 23.8. The van der Waals surface area contributed by atoms with Gasteiger partial charge in [-0.05, 0) is 61.7 Å². The van der Waals surface area contributed by atoms with Crippen LogP contribution in [0.3, 0.4) is 0 Å². The average Bonchev–Trinajstić information content (AvgIpc) is 2.94. The number of nitrogens with two attached hydrogens (primary N) is 2. The standard InChI is InChI=1S/C29H37N5O3.ClH2N/c1-5-23(33(17-9-16-30)28(36)22-14-12-20(4)13-15-22)26-32-27(35)24(25(31)19(2)3)29(37)34(26)18-21-10-7-6-8-11-21;1-2/h6-8,10-15,19,23,31,35H,5,9,16-18,30H2,1-4H3;2H2. The van der Waals surface area contributed by atoms with Crippen LogP contribution in [-0.2, 0) is 6.54 Å². The summed E-state index contributed by atoms with van der Waals surface area (Å²) in [5.41, 5.74) is 7.66. The van der Waals surface area contributed by atoms with Gasteiger partial charge in [-0.3, -0.25) is 14.2 Å². The van der Waals surface area contributed by atoms with Crippen LogP contribution in [0.25, 0.3) is 0 Å². The van der Waals surface area contributed by atoms with Crippen molar-refractivity contribution in [1.82, 2.24) is 14.5 Å². The van der Waals surface area contributed by atoms with E-state index >= 15 is 0 Å². The maximum atomic E-state index is 13.8. The number of nitrogens with zero attached hydrogens (tertiary/aromatic N) is 3. The van der Waals surface area contributed by atoms with Crippen molar-refractivity contribution in [3.8, 4) is 5.88 Å². The Bertz CT molecular complexity index is 1290. The highest BCUT2D eigenvalue weighted by molar-refractivity contribution is 6.11. The molecule has 0 saturated carbocycles. The number of hydrogen-bond acceptors (Lipinski definition) is 7. The van der Waals surface area contributed by atoms with Gasteiger partial charge in [0.15, 0.2) is 0 Å². The molecule has 2 aromatic carbocycles. The highest BCUT2D eigenvalue weighted by Crippen LogP contribution is 2.28. The maximum Gasteiger partial charge on any atom is 0.266 e. The zero-order chi connectivity index (χ0) is 29.1. The number of hydrogen-bond donors (Lipinski definition) is 4. The minimum Gasteiger partial charge on any atom is -0.493 e. The van der Waals surface area contributed by atoms with E-state index in [2.05, 4.69) is 22.0 Å². The van der Waals surface area contributed by atoms with Crippen molar-refractivity contribution in [1.29, 1.82) is 5.41 Å². The second-order valence-corrected chi connectivity index (χ2v) is 9.54. The highest BCUT2D eigenvalue weighted by Gasteiger charge is 2.31.